The lowest BCUT2D eigenvalue weighted by Crippen LogP contribution is -2.32. The Morgan fingerprint density at radius 1 is 1.62 bits per heavy atom. The molecular formula is C10H13NO2. The summed E-state index contributed by atoms with van der Waals surface area (Å²) in [5, 5.41) is 8.66. The van der Waals surface area contributed by atoms with Crippen molar-refractivity contribution in [2.24, 2.45) is 5.41 Å². The molecule has 1 heterocycles. The van der Waals surface area contributed by atoms with Crippen LogP contribution in [0, 0.1) is 16.7 Å². The molecule has 2 rings (SSSR count). The van der Waals surface area contributed by atoms with Gasteiger partial charge in [0.2, 0.25) is 0 Å². The zero-order chi connectivity index (χ0) is 9.53. The summed E-state index contributed by atoms with van der Waals surface area (Å²) in [5.74, 6) is -0.0970. The summed E-state index contributed by atoms with van der Waals surface area (Å²) in [6.45, 7) is 1.95. The number of nitriles is 1. The van der Waals surface area contributed by atoms with E-state index in [1.165, 1.54) is 0 Å². The van der Waals surface area contributed by atoms with Crippen LogP contribution in [0.15, 0.2) is 0 Å². The maximum absolute atomic E-state index is 11.5. The van der Waals surface area contributed by atoms with Gasteiger partial charge in [-0.3, -0.25) is 4.79 Å². The maximum Gasteiger partial charge on any atom is 0.312 e. The summed E-state index contributed by atoms with van der Waals surface area (Å²) < 4.78 is 5.35. The van der Waals surface area contributed by atoms with Crippen LogP contribution in [-0.2, 0) is 9.53 Å². The molecule has 0 spiro atoms. The molecule has 0 amide bonds. The molecule has 1 aliphatic heterocycles. The average Bonchev–Trinajstić information content (AvgIpc) is 2.19. The van der Waals surface area contributed by atoms with E-state index in [4.69, 9.17) is 10.00 Å². The van der Waals surface area contributed by atoms with E-state index >= 15 is 0 Å². The molecule has 0 radical (unpaired) electrons. The Bertz CT molecular complexity index is 294. The molecule has 1 unspecified atom stereocenters. The van der Waals surface area contributed by atoms with E-state index in [0.29, 0.717) is 6.42 Å². The molecule has 2 atom stereocenters. The van der Waals surface area contributed by atoms with E-state index in [9.17, 15) is 4.79 Å². The minimum Gasteiger partial charge on any atom is -0.458 e. The first-order valence-corrected chi connectivity index (χ1v) is 4.71. The van der Waals surface area contributed by atoms with E-state index in [1.54, 1.807) is 0 Å². The Labute approximate surface area is 77.7 Å². The molecule has 2 aliphatic rings. The van der Waals surface area contributed by atoms with Crippen LogP contribution in [0.25, 0.3) is 0 Å². The van der Waals surface area contributed by atoms with E-state index in [-0.39, 0.29) is 11.4 Å². The molecular weight excluding hydrogens is 166 g/mol. The highest BCUT2D eigenvalue weighted by Gasteiger charge is 2.56. The van der Waals surface area contributed by atoms with Crippen molar-refractivity contribution >= 4 is 5.97 Å². The number of carbonyl (C=O) groups is 1. The Morgan fingerprint density at radius 3 is 3.08 bits per heavy atom. The number of rotatable bonds is 1. The normalized spacial score (nSPS) is 42.6. The zero-order valence-corrected chi connectivity index (χ0v) is 7.80. The smallest absolute Gasteiger partial charge is 0.312 e. The minimum atomic E-state index is -0.432. The number of nitrogens with zero attached hydrogens (tertiary/aromatic N) is 1. The highest BCUT2D eigenvalue weighted by Crippen LogP contribution is 2.51. The van der Waals surface area contributed by atoms with Gasteiger partial charge < -0.3 is 4.74 Å². The van der Waals surface area contributed by atoms with Crippen molar-refractivity contribution in [2.75, 3.05) is 0 Å². The Hall–Kier alpha value is -1.04. The number of fused-ring (bicyclic) bond motifs is 2. The number of ether oxygens (including phenoxy) is 1. The van der Waals surface area contributed by atoms with Crippen LogP contribution in [0.2, 0.25) is 0 Å². The van der Waals surface area contributed by atoms with Gasteiger partial charge >= 0.3 is 5.97 Å². The lowest BCUT2D eigenvalue weighted by atomic mass is 9.70. The third-order valence-electron chi connectivity index (χ3n) is 3.28. The predicted molar refractivity (Wildman–Crippen MR) is 45.6 cm³/mol. The molecule has 0 aromatic heterocycles. The molecule has 3 heteroatoms. The monoisotopic (exact) mass is 179 g/mol. The Balaban J connectivity index is 2.27. The number of hydrogen-bond donors (Lipinski definition) is 0. The molecule has 70 valence electrons. The summed E-state index contributed by atoms with van der Waals surface area (Å²) in [5.41, 5.74) is -0.728. The Morgan fingerprint density at radius 2 is 2.38 bits per heavy atom. The van der Waals surface area contributed by atoms with Gasteiger partial charge in [0.25, 0.3) is 0 Å². The fourth-order valence-electron chi connectivity index (χ4n) is 2.60. The third kappa shape index (κ3) is 1.13. The van der Waals surface area contributed by atoms with Gasteiger partial charge in [0.15, 0.2) is 0 Å². The first-order valence-electron chi connectivity index (χ1n) is 4.71. The Kier molecular flexibility index (Phi) is 1.63. The van der Waals surface area contributed by atoms with E-state index in [0.717, 1.165) is 25.7 Å². The van der Waals surface area contributed by atoms with Crippen molar-refractivity contribution in [3.8, 4) is 6.07 Å². The van der Waals surface area contributed by atoms with Crippen molar-refractivity contribution in [2.45, 2.75) is 44.6 Å². The first kappa shape index (κ1) is 8.55. The van der Waals surface area contributed by atoms with Crippen LogP contribution >= 0.6 is 0 Å². The average molecular weight is 179 g/mol. The van der Waals surface area contributed by atoms with Gasteiger partial charge in [-0.2, -0.15) is 5.26 Å². The second-order valence-corrected chi connectivity index (χ2v) is 4.50. The van der Waals surface area contributed by atoms with Crippen molar-refractivity contribution in [1.82, 2.24) is 0 Å². The maximum atomic E-state index is 11.5. The topological polar surface area (TPSA) is 50.1 Å². The molecule has 2 fully saturated rings. The van der Waals surface area contributed by atoms with Crippen LogP contribution < -0.4 is 0 Å². The highest BCUT2D eigenvalue weighted by atomic mass is 16.6. The van der Waals surface area contributed by atoms with Gasteiger partial charge in [0.05, 0.1) is 17.9 Å². The summed E-state index contributed by atoms with van der Waals surface area (Å²) in [7, 11) is 0. The minimum absolute atomic E-state index is 0.0970. The van der Waals surface area contributed by atoms with Crippen molar-refractivity contribution < 1.29 is 9.53 Å². The van der Waals surface area contributed by atoms with Crippen molar-refractivity contribution in [3.05, 3.63) is 0 Å². The van der Waals surface area contributed by atoms with Gasteiger partial charge in [-0.05, 0) is 26.2 Å². The highest BCUT2D eigenvalue weighted by molar-refractivity contribution is 5.79. The summed E-state index contributed by atoms with van der Waals surface area (Å²) >= 11 is 0. The zero-order valence-electron chi connectivity index (χ0n) is 7.80. The van der Waals surface area contributed by atoms with Crippen LogP contribution in [0.4, 0.5) is 0 Å². The van der Waals surface area contributed by atoms with Gasteiger partial charge in [0.1, 0.15) is 5.60 Å². The van der Waals surface area contributed by atoms with Gasteiger partial charge in [-0.25, -0.2) is 0 Å². The number of hydrogen-bond acceptors (Lipinski definition) is 3. The molecule has 0 N–H and O–H groups in total. The molecule has 3 nitrogen and oxygen atoms in total. The van der Waals surface area contributed by atoms with Crippen LogP contribution in [0.5, 0.6) is 0 Å². The van der Waals surface area contributed by atoms with Crippen LogP contribution in [0.1, 0.15) is 39.0 Å². The fraction of sp³-hybridized carbons (Fsp3) is 0.800. The van der Waals surface area contributed by atoms with E-state index in [2.05, 4.69) is 6.07 Å². The SMILES string of the molecule is C[C@@]12CCCC(CC#N)(C1)OC2=O. The van der Waals surface area contributed by atoms with Gasteiger partial charge in [-0.15, -0.1) is 0 Å². The second kappa shape index (κ2) is 2.47. The summed E-state index contributed by atoms with van der Waals surface area (Å²) in [6, 6.07) is 2.12. The third-order valence-corrected chi connectivity index (χ3v) is 3.28. The van der Waals surface area contributed by atoms with Crippen LogP contribution in [0.3, 0.4) is 0 Å². The molecule has 1 saturated carbocycles. The molecule has 1 saturated heterocycles. The lowest BCUT2D eigenvalue weighted by Gasteiger charge is -2.30. The quantitative estimate of drug-likeness (QED) is 0.576. The predicted octanol–water partition coefficient (Wildman–Crippen LogP) is 1.78. The van der Waals surface area contributed by atoms with E-state index < -0.39 is 5.60 Å². The lowest BCUT2D eigenvalue weighted by molar-refractivity contribution is -0.152. The molecule has 1 aliphatic carbocycles. The molecule has 13 heavy (non-hydrogen) atoms. The van der Waals surface area contributed by atoms with Gasteiger partial charge in [0, 0.05) is 6.42 Å². The molecule has 0 aromatic carbocycles. The molecule has 2 bridgehead atoms. The second-order valence-electron chi connectivity index (χ2n) is 4.50. The summed E-state index contributed by atoms with van der Waals surface area (Å²) in [4.78, 5) is 11.5. The summed E-state index contributed by atoms with van der Waals surface area (Å²) in [6.07, 6.45) is 3.88. The number of carbonyl (C=O) groups excluding carboxylic acids is 1. The van der Waals surface area contributed by atoms with Crippen molar-refractivity contribution in [1.29, 1.82) is 5.26 Å². The standard InChI is InChI=1S/C10H13NO2/c1-9-3-2-4-10(7-9,5-6-11)13-8(9)12/h2-5,7H2,1H3/t9-,10?/m1/s1. The largest absolute Gasteiger partial charge is 0.458 e. The van der Waals surface area contributed by atoms with E-state index in [1.807, 2.05) is 6.92 Å². The van der Waals surface area contributed by atoms with Crippen LogP contribution in [-0.4, -0.2) is 11.6 Å². The van der Waals surface area contributed by atoms with Gasteiger partial charge in [-0.1, -0.05) is 0 Å². The molecule has 0 aromatic rings. The van der Waals surface area contributed by atoms with Crippen molar-refractivity contribution in [3.63, 3.8) is 0 Å². The number of esters is 1. The first-order chi connectivity index (χ1) is 6.10. The fourth-order valence-corrected chi connectivity index (χ4v) is 2.60.